The van der Waals surface area contributed by atoms with Gasteiger partial charge in [-0.15, -0.1) is 0 Å². The standard InChI is InChI=1S/C19H24N4O/c1-14-8-11-20-18(21-14)15-9-12-23(13-10-15)19(24)16-4-6-17(7-5-16)22(2)3/h4-8,11,15H,9-10,12-13H2,1-3H3. The van der Waals surface area contributed by atoms with Crippen LogP contribution in [0.1, 0.15) is 40.6 Å². The highest BCUT2D eigenvalue weighted by atomic mass is 16.2. The summed E-state index contributed by atoms with van der Waals surface area (Å²) in [5.41, 5.74) is 2.85. The van der Waals surface area contributed by atoms with Gasteiger partial charge < -0.3 is 9.80 Å². The van der Waals surface area contributed by atoms with Gasteiger partial charge in [0.2, 0.25) is 0 Å². The van der Waals surface area contributed by atoms with E-state index < -0.39 is 0 Å². The number of anilines is 1. The van der Waals surface area contributed by atoms with E-state index in [0.29, 0.717) is 5.92 Å². The van der Waals surface area contributed by atoms with Crippen LogP contribution in [0.25, 0.3) is 0 Å². The predicted octanol–water partition coefficient (Wildman–Crippen LogP) is 2.87. The minimum Gasteiger partial charge on any atom is -0.378 e. The molecule has 1 aliphatic rings. The quantitative estimate of drug-likeness (QED) is 0.871. The van der Waals surface area contributed by atoms with Crippen molar-refractivity contribution in [3.05, 3.63) is 53.6 Å². The Morgan fingerprint density at radius 3 is 2.38 bits per heavy atom. The molecular weight excluding hydrogens is 300 g/mol. The summed E-state index contributed by atoms with van der Waals surface area (Å²) in [7, 11) is 3.99. The van der Waals surface area contributed by atoms with Gasteiger partial charge in [-0.3, -0.25) is 4.79 Å². The van der Waals surface area contributed by atoms with E-state index in [1.54, 1.807) is 0 Å². The molecule has 1 saturated heterocycles. The number of likely N-dealkylation sites (tertiary alicyclic amines) is 1. The lowest BCUT2D eigenvalue weighted by Crippen LogP contribution is -2.38. The van der Waals surface area contributed by atoms with E-state index in [2.05, 4.69) is 9.97 Å². The van der Waals surface area contributed by atoms with E-state index in [0.717, 1.165) is 48.7 Å². The van der Waals surface area contributed by atoms with Crippen LogP contribution in [-0.4, -0.2) is 48.0 Å². The van der Waals surface area contributed by atoms with E-state index in [4.69, 9.17) is 0 Å². The van der Waals surface area contributed by atoms with Crippen molar-refractivity contribution in [2.75, 3.05) is 32.1 Å². The fraction of sp³-hybridized carbons (Fsp3) is 0.421. The Labute approximate surface area is 143 Å². The second-order valence-electron chi connectivity index (χ2n) is 6.56. The topological polar surface area (TPSA) is 49.3 Å². The van der Waals surface area contributed by atoms with Crippen molar-refractivity contribution in [3.8, 4) is 0 Å². The van der Waals surface area contributed by atoms with Crippen molar-refractivity contribution in [1.29, 1.82) is 0 Å². The second-order valence-corrected chi connectivity index (χ2v) is 6.56. The molecule has 0 aliphatic carbocycles. The summed E-state index contributed by atoms with van der Waals surface area (Å²) in [6.07, 6.45) is 3.66. The SMILES string of the molecule is Cc1ccnc(C2CCN(C(=O)c3ccc(N(C)C)cc3)CC2)n1. The first kappa shape index (κ1) is 16.4. The van der Waals surface area contributed by atoms with Crippen LogP contribution in [0.15, 0.2) is 36.5 Å². The number of hydrogen-bond donors (Lipinski definition) is 0. The minimum absolute atomic E-state index is 0.115. The van der Waals surface area contributed by atoms with E-state index in [1.807, 2.05) is 67.3 Å². The summed E-state index contributed by atoms with van der Waals surface area (Å²) in [6, 6.07) is 9.71. The van der Waals surface area contributed by atoms with Crippen LogP contribution in [0.3, 0.4) is 0 Å². The van der Waals surface area contributed by atoms with Crippen molar-refractivity contribution in [2.45, 2.75) is 25.7 Å². The van der Waals surface area contributed by atoms with Gasteiger partial charge in [0.25, 0.3) is 5.91 Å². The molecule has 1 aliphatic heterocycles. The van der Waals surface area contributed by atoms with Crippen molar-refractivity contribution in [1.82, 2.24) is 14.9 Å². The highest BCUT2D eigenvalue weighted by molar-refractivity contribution is 5.94. The van der Waals surface area contributed by atoms with Crippen LogP contribution in [0.4, 0.5) is 5.69 Å². The molecule has 5 heteroatoms. The number of carbonyl (C=O) groups excluding carboxylic acids is 1. The average Bonchev–Trinajstić information content (AvgIpc) is 2.61. The summed E-state index contributed by atoms with van der Waals surface area (Å²) in [4.78, 5) is 25.6. The maximum absolute atomic E-state index is 12.7. The molecule has 24 heavy (non-hydrogen) atoms. The molecule has 1 aromatic carbocycles. The van der Waals surface area contributed by atoms with Crippen molar-refractivity contribution in [3.63, 3.8) is 0 Å². The zero-order chi connectivity index (χ0) is 17.1. The molecule has 0 atom stereocenters. The van der Waals surface area contributed by atoms with Gasteiger partial charge in [0.1, 0.15) is 5.82 Å². The lowest BCUT2D eigenvalue weighted by atomic mass is 9.95. The van der Waals surface area contributed by atoms with E-state index in [1.165, 1.54) is 0 Å². The van der Waals surface area contributed by atoms with Gasteiger partial charge in [0, 0.05) is 56.2 Å². The molecule has 0 bridgehead atoms. The smallest absolute Gasteiger partial charge is 0.253 e. The number of benzene rings is 1. The summed E-state index contributed by atoms with van der Waals surface area (Å²) < 4.78 is 0. The number of carbonyl (C=O) groups is 1. The Morgan fingerprint density at radius 2 is 1.79 bits per heavy atom. The maximum atomic E-state index is 12.7. The van der Waals surface area contributed by atoms with Crippen LogP contribution in [0.5, 0.6) is 0 Å². The third-order valence-corrected chi connectivity index (χ3v) is 4.59. The normalized spacial score (nSPS) is 15.4. The van der Waals surface area contributed by atoms with Gasteiger partial charge in [0.15, 0.2) is 0 Å². The third-order valence-electron chi connectivity index (χ3n) is 4.59. The molecule has 5 nitrogen and oxygen atoms in total. The maximum Gasteiger partial charge on any atom is 0.253 e. The molecule has 1 fully saturated rings. The third kappa shape index (κ3) is 3.55. The zero-order valence-corrected chi connectivity index (χ0v) is 14.6. The summed E-state index contributed by atoms with van der Waals surface area (Å²) in [5, 5.41) is 0. The van der Waals surface area contributed by atoms with Gasteiger partial charge in [-0.1, -0.05) is 0 Å². The summed E-state index contributed by atoms with van der Waals surface area (Å²) in [6.45, 7) is 3.51. The molecule has 0 saturated carbocycles. The fourth-order valence-corrected chi connectivity index (χ4v) is 3.09. The largest absolute Gasteiger partial charge is 0.378 e. The fourth-order valence-electron chi connectivity index (χ4n) is 3.09. The highest BCUT2D eigenvalue weighted by Crippen LogP contribution is 2.26. The van der Waals surface area contributed by atoms with Crippen LogP contribution in [0.2, 0.25) is 0 Å². The molecule has 2 aromatic rings. The van der Waals surface area contributed by atoms with Gasteiger partial charge in [-0.25, -0.2) is 9.97 Å². The number of hydrogen-bond acceptors (Lipinski definition) is 4. The molecular formula is C19H24N4O. The monoisotopic (exact) mass is 324 g/mol. The lowest BCUT2D eigenvalue weighted by Gasteiger charge is -2.31. The van der Waals surface area contributed by atoms with E-state index in [9.17, 15) is 4.79 Å². The molecule has 1 amide bonds. The number of aryl methyl sites for hydroxylation is 1. The van der Waals surface area contributed by atoms with Gasteiger partial charge in [0.05, 0.1) is 0 Å². The van der Waals surface area contributed by atoms with Gasteiger partial charge in [-0.05, 0) is 50.1 Å². The van der Waals surface area contributed by atoms with Crippen molar-refractivity contribution in [2.24, 2.45) is 0 Å². The Balaban J connectivity index is 1.62. The number of piperidine rings is 1. The lowest BCUT2D eigenvalue weighted by molar-refractivity contribution is 0.0711. The summed E-state index contributed by atoms with van der Waals surface area (Å²) >= 11 is 0. The molecule has 2 heterocycles. The second kappa shape index (κ2) is 6.99. The van der Waals surface area contributed by atoms with E-state index >= 15 is 0 Å². The van der Waals surface area contributed by atoms with Crippen LogP contribution in [-0.2, 0) is 0 Å². The average molecular weight is 324 g/mol. The number of rotatable bonds is 3. The minimum atomic E-state index is 0.115. The Bertz CT molecular complexity index is 704. The molecule has 0 N–H and O–H groups in total. The molecule has 0 unspecified atom stereocenters. The first-order valence-electron chi connectivity index (χ1n) is 8.41. The molecule has 3 rings (SSSR count). The first-order valence-corrected chi connectivity index (χ1v) is 8.41. The Kier molecular flexibility index (Phi) is 4.79. The number of nitrogens with zero attached hydrogens (tertiary/aromatic N) is 4. The van der Waals surface area contributed by atoms with Crippen LogP contribution < -0.4 is 4.90 Å². The van der Waals surface area contributed by atoms with Gasteiger partial charge in [-0.2, -0.15) is 0 Å². The molecule has 126 valence electrons. The number of amides is 1. The van der Waals surface area contributed by atoms with Crippen molar-refractivity contribution < 1.29 is 4.79 Å². The molecule has 0 radical (unpaired) electrons. The Morgan fingerprint density at radius 1 is 1.12 bits per heavy atom. The number of aromatic nitrogens is 2. The zero-order valence-electron chi connectivity index (χ0n) is 14.6. The Hall–Kier alpha value is -2.43. The predicted molar refractivity (Wildman–Crippen MR) is 95.4 cm³/mol. The summed E-state index contributed by atoms with van der Waals surface area (Å²) in [5.74, 6) is 1.38. The molecule has 0 spiro atoms. The molecule has 1 aromatic heterocycles. The van der Waals surface area contributed by atoms with Crippen molar-refractivity contribution >= 4 is 11.6 Å². The first-order chi connectivity index (χ1) is 11.5. The van der Waals surface area contributed by atoms with E-state index in [-0.39, 0.29) is 5.91 Å². The highest BCUT2D eigenvalue weighted by Gasteiger charge is 2.26. The van der Waals surface area contributed by atoms with Crippen LogP contribution >= 0.6 is 0 Å². The van der Waals surface area contributed by atoms with Crippen LogP contribution in [0, 0.1) is 6.92 Å². The van der Waals surface area contributed by atoms with Gasteiger partial charge >= 0.3 is 0 Å².